The third kappa shape index (κ3) is 2.60. The van der Waals surface area contributed by atoms with Gasteiger partial charge in [0.15, 0.2) is 5.05 Å². The SMILES string of the molecule is COC(=S)CBr. The summed E-state index contributed by atoms with van der Waals surface area (Å²) in [5.74, 6) is 0. The molecule has 0 aromatic rings. The lowest BCUT2D eigenvalue weighted by atomic mass is 10.9. The Labute approximate surface area is 50.8 Å². The van der Waals surface area contributed by atoms with Crippen LogP contribution in [0.15, 0.2) is 0 Å². The highest BCUT2D eigenvalue weighted by atomic mass is 79.9. The molecule has 36 valence electrons. The second-order valence-electron chi connectivity index (χ2n) is 0.710. The van der Waals surface area contributed by atoms with Gasteiger partial charge in [-0.05, 0) is 12.2 Å². The molecule has 0 radical (unpaired) electrons. The molecule has 3 heteroatoms. The van der Waals surface area contributed by atoms with Crippen molar-refractivity contribution >= 4 is 33.2 Å². The van der Waals surface area contributed by atoms with E-state index in [9.17, 15) is 0 Å². The summed E-state index contributed by atoms with van der Waals surface area (Å²) in [5.41, 5.74) is 0. The first-order chi connectivity index (χ1) is 2.81. The Bertz CT molecular complexity index is 48.8. The lowest BCUT2D eigenvalue weighted by molar-refractivity contribution is 0.413. The Hall–Kier alpha value is 0.370. The van der Waals surface area contributed by atoms with E-state index in [4.69, 9.17) is 0 Å². The van der Waals surface area contributed by atoms with Gasteiger partial charge in [0.1, 0.15) is 0 Å². The Morgan fingerprint density at radius 1 is 2.00 bits per heavy atom. The van der Waals surface area contributed by atoms with Gasteiger partial charge in [0, 0.05) is 0 Å². The number of thiocarbonyl (C=S) groups is 1. The number of rotatable bonds is 1. The number of ether oxygens (including phenoxy) is 1. The number of hydrogen-bond donors (Lipinski definition) is 0. The van der Waals surface area contributed by atoms with E-state index in [0.29, 0.717) is 10.4 Å². The molecule has 1 nitrogen and oxygen atoms in total. The molecule has 0 heterocycles. The minimum atomic E-state index is 0.593. The summed E-state index contributed by atoms with van der Waals surface area (Å²) in [7, 11) is 1.56. The highest BCUT2D eigenvalue weighted by molar-refractivity contribution is 9.09. The van der Waals surface area contributed by atoms with Crippen LogP contribution in [0.2, 0.25) is 0 Å². The van der Waals surface area contributed by atoms with Crippen molar-refractivity contribution in [1.29, 1.82) is 0 Å². The van der Waals surface area contributed by atoms with Crippen molar-refractivity contribution in [3.63, 3.8) is 0 Å². The third-order valence-electron chi connectivity index (χ3n) is 0.337. The van der Waals surface area contributed by atoms with E-state index in [2.05, 4.69) is 32.9 Å². The standard InChI is InChI=1S/C3H5BrOS/c1-5-3(6)2-4/h2H2,1H3. The van der Waals surface area contributed by atoms with Crippen LogP contribution in [0, 0.1) is 0 Å². The summed E-state index contributed by atoms with van der Waals surface area (Å²) in [6, 6.07) is 0. The van der Waals surface area contributed by atoms with Gasteiger partial charge in [0.2, 0.25) is 0 Å². The van der Waals surface area contributed by atoms with Gasteiger partial charge >= 0.3 is 0 Å². The lowest BCUT2D eigenvalue weighted by Crippen LogP contribution is -1.95. The summed E-state index contributed by atoms with van der Waals surface area (Å²) in [6.07, 6.45) is 0. The van der Waals surface area contributed by atoms with Crippen LogP contribution in [0.3, 0.4) is 0 Å². The maximum atomic E-state index is 4.59. The minimum absolute atomic E-state index is 0.593. The molecule has 0 amide bonds. The van der Waals surface area contributed by atoms with Crippen molar-refractivity contribution in [2.45, 2.75) is 0 Å². The minimum Gasteiger partial charge on any atom is -0.489 e. The van der Waals surface area contributed by atoms with Crippen LogP contribution >= 0.6 is 28.1 Å². The highest BCUT2D eigenvalue weighted by Gasteiger charge is 1.83. The number of alkyl halides is 1. The van der Waals surface area contributed by atoms with E-state index in [1.54, 1.807) is 7.11 Å². The summed E-state index contributed by atoms with van der Waals surface area (Å²) in [4.78, 5) is 0. The molecule has 0 aromatic heterocycles. The monoisotopic (exact) mass is 168 g/mol. The zero-order valence-electron chi connectivity index (χ0n) is 3.40. The van der Waals surface area contributed by atoms with Crippen molar-refractivity contribution in [2.75, 3.05) is 12.4 Å². The first-order valence-electron chi connectivity index (χ1n) is 1.44. The lowest BCUT2D eigenvalue weighted by Gasteiger charge is -1.90. The fraction of sp³-hybridized carbons (Fsp3) is 0.667. The van der Waals surface area contributed by atoms with E-state index in [0.717, 1.165) is 0 Å². The first-order valence-corrected chi connectivity index (χ1v) is 2.97. The smallest absolute Gasteiger partial charge is 0.169 e. The number of halogens is 1. The summed E-state index contributed by atoms with van der Waals surface area (Å²) < 4.78 is 4.58. The van der Waals surface area contributed by atoms with Crippen molar-refractivity contribution in [2.24, 2.45) is 0 Å². The van der Waals surface area contributed by atoms with Crippen LogP contribution in [0.4, 0.5) is 0 Å². The average molecular weight is 169 g/mol. The van der Waals surface area contributed by atoms with Gasteiger partial charge < -0.3 is 4.74 Å². The molecule has 0 aliphatic heterocycles. The summed E-state index contributed by atoms with van der Waals surface area (Å²) in [6.45, 7) is 0. The average Bonchev–Trinajstić information content (AvgIpc) is 1.65. The first kappa shape index (κ1) is 6.37. The topological polar surface area (TPSA) is 9.23 Å². The van der Waals surface area contributed by atoms with Crippen molar-refractivity contribution in [3.05, 3.63) is 0 Å². The van der Waals surface area contributed by atoms with Gasteiger partial charge in [0.05, 0.1) is 12.4 Å². The van der Waals surface area contributed by atoms with Crippen LogP contribution in [-0.2, 0) is 4.74 Å². The second kappa shape index (κ2) is 3.56. The maximum Gasteiger partial charge on any atom is 0.169 e. The van der Waals surface area contributed by atoms with Crippen molar-refractivity contribution in [1.82, 2.24) is 0 Å². The fourth-order valence-corrected chi connectivity index (χ4v) is 0.283. The van der Waals surface area contributed by atoms with E-state index < -0.39 is 0 Å². The largest absolute Gasteiger partial charge is 0.489 e. The molecule has 0 rings (SSSR count). The third-order valence-corrected chi connectivity index (χ3v) is 1.53. The molecule has 0 aliphatic carbocycles. The molecule has 6 heavy (non-hydrogen) atoms. The summed E-state index contributed by atoms with van der Waals surface area (Å²) >= 11 is 7.70. The molecule has 0 bridgehead atoms. The molecule has 0 aliphatic rings. The molecule has 0 saturated carbocycles. The normalized spacial score (nSPS) is 7.67. The molecule has 0 saturated heterocycles. The van der Waals surface area contributed by atoms with E-state index in [-0.39, 0.29) is 0 Å². The second-order valence-corrected chi connectivity index (χ2v) is 1.73. The highest BCUT2D eigenvalue weighted by Crippen LogP contribution is 1.83. The van der Waals surface area contributed by atoms with Crippen LogP contribution in [-0.4, -0.2) is 17.5 Å². The van der Waals surface area contributed by atoms with Gasteiger partial charge in [0.25, 0.3) is 0 Å². The van der Waals surface area contributed by atoms with Crippen molar-refractivity contribution < 1.29 is 4.74 Å². The number of hydrogen-bond acceptors (Lipinski definition) is 2. The molecular weight excluding hydrogens is 164 g/mol. The fourth-order valence-electron chi connectivity index (χ4n) is 0.0546. The predicted molar refractivity (Wildman–Crippen MR) is 33.4 cm³/mol. The molecule has 0 unspecified atom stereocenters. The molecule has 0 fully saturated rings. The number of methoxy groups -OCH3 is 1. The zero-order valence-corrected chi connectivity index (χ0v) is 5.80. The van der Waals surface area contributed by atoms with Crippen LogP contribution in [0.5, 0.6) is 0 Å². The summed E-state index contributed by atoms with van der Waals surface area (Å²) in [5, 5.41) is 1.24. The Morgan fingerprint density at radius 3 is 2.50 bits per heavy atom. The van der Waals surface area contributed by atoms with E-state index >= 15 is 0 Å². The van der Waals surface area contributed by atoms with Gasteiger partial charge in [-0.2, -0.15) is 0 Å². The molecule has 0 aromatic carbocycles. The molecule has 0 spiro atoms. The van der Waals surface area contributed by atoms with E-state index in [1.807, 2.05) is 0 Å². The zero-order chi connectivity index (χ0) is 4.99. The Balaban J connectivity index is 2.99. The molecular formula is C3H5BrOS. The van der Waals surface area contributed by atoms with Crippen molar-refractivity contribution in [3.8, 4) is 0 Å². The Morgan fingerprint density at radius 2 is 2.50 bits per heavy atom. The quantitative estimate of drug-likeness (QED) is 0.432. The van der Waals surface area contributed by atoms with Gasteiger partial charge in [-0.15, -0.1) is 0 Å². The molecule has 0 N–H and O–H groups in total. The van der Waals surface area contributed by atoms with Gasteiger partial charge in [-0.1, -0.05) is 15.9 Å². The van der Waals surface area contributed by atoms with Crippen LogP contribution < -0.4 is 0 Å². The van der Waals surface area contributed by atoms with Crippen LogP contribution in [0.25, 0.3) is 0 Å². The predicted octanol–water partition coefficient (Wildman–Crippen LogP) is 1.36. The Kier molecular flexibility index (Phi) is 3.78. The van der Waals surface area contributed by atoms with Gasteiger partial charge in [-0.25, -0.2) is 0 Å². The van der Waals surface area contributed by atoms with E-state index in [1.165, 1.54) is 0 Å². The maximum absolute atomic E-state index is 4.59. The van der Waals surface area contributed by atoms with Crippen LogP contribution in [0.1, 0.15) is 0 Å². The molecule has 0 atom stereocenters. The van der Waals surface area contributed by atoms with Gasteiger partial charge in [-0.3, -0.25) is 0 Å².